The number of tetrazole rings is 1. The van der Waals surface area contributed by atoms with E-state index in [-0.39, 0.29) is 0 Å². The number of rotatable bonds is 2. The summed E-state index contributed by atoms with van der Waals surface area (Å²) in [6, 6.07) is 0. The molecule has 7 heteroatoms. The number of aromatic amines is 1. The molecule has 0 amide bonds. The van der Waals surface area contributed by atoms with Crippen LogP contribution in [0.3, 0.4) is 0 Å². The summed E-state index contributed by atoms with van der Waals surface area (Å²) in [7, 11) is 0. The van der Waals surface area contributed by atoms with Gasteiger partial charge in [-0.05, 0) is 22.6 Å². The third-order valence-corrected chi connectivity index (χ3v) is 1.13. The molecule has 0 unspecified atom stereocenters. The van der Waals surface area contributed by atoms with Gasteiger partial charge >= 0.3 is 0 Å². The van der Waals surface area contributed by atoms with Crippen LogP contribution in [-0.2, 0) is 0 Å². The summed E-state index contributed by atoms with van der Waals surface area (Å²) < 4.78 is 4.51. The van der Waals surface area contributed by atoms with Crippen molar-refractivity contribution < 1.29 is 4.52 Å². The van der Waals surface area contributed by atoms with Crippen LogP contribution in [0.5, 0.6) is 0 Å². The first kappa shape index (κ1) is 6.65. The lowest BCUT2D eigenvalue weighted by Gasteiger charge is -1.76. The molecule has 0 fully saturated rings. The molecule has 60 valence electrons. The summed E-state index contributed by atoms with van der Waals surface area (Å²) in [6.45, 7) is 0. The van der Waals surface area contributed by atoms with Gasteiger partial charge in [0.25, 0.3) is 0 Å². The van der Waals surface area contributed by atoms with Crippen LogP contribution in [0.25, 0.3) is 12.2 Å². The fourth-order valence-electron chi connectivity index (χ4n) is 0.643. The molecule has 0 spiro atoms. The van der Waals surface area contributed by atoms with Gasteiger partial charge in [0, 0.05) is 0 Å². The summed E-state index contributed by atoms with van der Waals surface area (Å²) in [5, 5.41) is 16.5. The molecule has 2 rings (SSSR count). The number of aromatic nitrogens is 6. The van der Waals surface area contributed by atoms with Crippen LogP contribution < -0.4 is 0 Å². The largest absolute Gasteiger partial charge is 0.342 e. The average Bonchev–Trinajstić information content (AvgIpc) is 2.74. The second-order valence-corrected chi connectivity index (χ2v) is 1.91. The number of nitrogens with zero attached hydrogens (tertiary/aromatic N) is 5. The van der Waals surface area contributed by atoms with Crippen molar-refractivity contribution in [3.05, 3.63) is 18.0 Å². The topological polar surface area (TPSA) is 93.4 Å². The maximum Gasteiger partial charge on any atom is 0.214 e. The third-order valence-electron chi connectivity index (χ3n) is 1.13. The number of hydrogen-bond acceptors (Lipinski definition) is 6. The first-order valence-electron chi connectivity index (χ1n) is 3.13. The van der Waals surface area contributed by atoms with Gasteiger partial charge in [-0.2, -0.15) is 4.98 Å². The Morgan fingerprint density at radius 3 is 3.08 bits per heavy atom. The van der Waals surface area contributed by atoms with Crippen LogP contribution >= 0.6 is 0 Å². The summed E-state index contributed by atoms with van der Waals surface area (Å²) in [5.41, 5.74) is 0. The van der Waals surface area contributed by atoms with Crippen molar-refractivity contribution in [3.8, 4) is 0 Å². The summed E-state index contributed by atoms with van der Waals surface area (Å²) >= 11 is 0. The monoisotopic (exact) mass is 164 g/mol. The van der Waals surface area contributed by atoms with E-state index in [1.165, 1.54) is 6.39 Å². The highest BCUT2D eigenvalue weighted by Gasteiger charge is 1.92. The fourth-order valence-corrected chi connectivity index (χ4v) is 0.643. The molecular formula is C5H4N6O. The van der Waals surface area contributed by atoms with E-state index < -0.39 is 0 Å². The van der Waals surface area contributed by atoms with E-state index in [0.717, 1.165) is 0 Å². The summed E-state index contributed by atoms with van der Waals surface area (Å²) in [5.74, 6) is 1.02. The van der Waals surface area contributed by atoms with Gasteiger partial charge in [0.1, 0.15) is 0 Å². The molecule has 2 aromatic rings. The average molecular weight is 164 g/mol. The van der Waals surface area contributed by atoms with Crippen LogP contribution in [0, 0.1) is 0 Å². The summed E-state index contributed by atoms with van der Waals surface area (Å²) in [6.07, 6.45) is 4.52. The lowest BCUT2D eigenvalue weighted by molar-refractivity contribution is 0.415. The molecule has 2 heterocycles. The zero-order valence-corrected chi connectivity index (χ0v) is 5.88. The second kappa shape index (κ2) is 2.91. The van der Waals surface area contributed by atoms with E-state index in [1.807, 2.05) is 0 Å². The van der Waals surface area contributed by atoms with Crippen LogP contribution in [0.2, 0.25) is 0 Å². The van der Waals surface area contributed by atoms with Gasteiger partial charge in [-0.15, -0.1) is 5.10 Å². The normalized spacial score (nSPS) is 11.0. The molecule has 0 aliphatic heterocycles. The Balaban J connectivity index is 2.14. The number of hydrogen-bond donors (Lipinski definition) is 1. The van der Waals surface area contributed by atoms with E-state index in [1.54, 1.807) is 12.2 Å². The van der Waals surface area contributed by atoms with Crippen molar-refractivity contribution in [1.29, 1.82) is 0 Å². The molecule has 2 aromatic heterocycles. The standard InChI is InChI=1S/C5H4N6O/c1(4-6-3-12-9-4)2-5-7-10-11-8-5/h1-3H,(H,7,8,10,11). The molecule has 0 aliphatic carbocycles. The van der Waals surface area contributed by atoms with Gasteiger partial charge in [0.05, 0.1) is 0 Å². The van der Waals surface area contributed by atoms with Crippen molar-refractivity contribution in [3.63, 3.8) is 0 Å². The lowest BCUT2D eigenvalue weighted by Crippen LogP contribution is -1.76. The molecule has 7 nitrogen and oxygen atoms in total. The predicted octanol–water partition coefficient (Wildman–Crippen LogP) is -0.247. The smallest absolute Gasteiger partial charge is 0.214 e. The van der Waals surface area contributed by atoms with E-state index in [4.69, 9.17) is 0 Å². The molecule has 0 bridgehead atoms. The van der Waals surface area contributed by atoms with Crippen molar-refractivity contribution in [2.24, 2.45) is 0 Å². The molecular weight excluding hydrogens is 160 g/mol. The van der Waals surface area contributed by atoms with E-state index in [2.05, 4.69) is 35.3 Å². The van der Waals surface area contributed by atoms with Crippen molar-refractivity contribution >= 4 is 12.2 Å². The zero-order valence-electron chi connectivity index (χ0n) is 5.88. The van der Waals surface area contributed by atoms with E-state index in [0.29, 0.717) is 11.6 Å². The van der Waals surface area contributed by atoms with Gasteiger partial charge in [-0.3, -0.25) is 0 Å². The molecule has 0 aliphatic rings. The van der Waals surface area contributed by atoms with Crippen molar-refractivity contribution in [2.75, 3.05) is 0 Å². The minimum Gasteiger partial charge on any atom is -0.342 e. The molecule has 0 radical (unpaired) electrons. The van der Waals surface area contributed by atoms with Gasteiger partial charge < -0.3 is 4.52 Å². The van der Waals surface area contributed by atoms with Gasteiger partial charge in [-0.25, -0.2) is 5.10 Å². The van der Waals surface area contributed by atoms with Crippen LogP contribution in [0.15, 0.2) is 10.9 Å². The Labute approximate surface area is 66.5 Å². The number of H-pyrrole nitrogens is 1. The first-order valence-corrected chi connectivity index (χ1v) is 3.13. The molecule has 0 aromatic carbocycles. The zero-order chi connectivity index (χ0) is 8.23. The Morgan fingerprint density at radius 1 is 1.42 bits per heavy atom. The number of nitrogens with one attached hydrogen (secondary N) is 1. The highest BCUT2D eigenvalue weighted by Crippen LogP contribution is 1.96. The van der Waals surface area contributed by atoms with Crippen LogP contribution in [-0.4, -0.2) is 30.8 Å². The van der Waals surface area contributed by atoms with Crippen molar-refractivity contribution in [2.45, 2.75) is 0 Å². The lowest BCUT2D eigenvalue weighted by atomic mass is 10.4. The highest BCUT2D eigenvalue weighted by molar-refractivity contribution is 5.61. The minimum absolute atomic E-state index is 0.478. The van der Waals surface area contributed by atoms with E-state index >= 15 is 0 Å². The Bertz CT molecular complexity index is 313. The van der Waals surface area contributed by atoms with Crippen LogP contribution in [0.1, 0.15) is 11.6 Å². The Hall–Kier alpha value is -2.05. The minimum atomic E-state index is 0.478. The Kier molecular flexibility index (Phi) is 1.61. The first-order chi connectivity index (χ1) is 5.95. The predicted molar refractivity (Wildman–Crippen MR) is 37.4 cm³/mol. The van der Waals surface area contributed by atoms with Gasteiger partial charge in [0.2, 0.25) is 6.39 Å². The molecule has 12 heavy (non-hydrogen) atoms. The van der Waals surface area contributed by atoms with Crippen LogP contribution in [0.4, 0.5) is 0 Å². The maximum atomic E-state index is 4.51. The molecule has 1 N–H and O–H groups in total. The quantitative estimate of drug-likeness (QED) is 0.657. The third kappa shape index (κ3) is 1.34. The fraction of sp³-hybridized carbons (Fsp3) is 0. The SMILES string of the molecule is C(=Cc1nnn[nH]1)c1ncon1. The second-order valence-electron chi connectivity index (χ2n) is 1.91. The van der Waals surface area contributed by atoms with Gasteiger partial charge in [0.15, 0.2) is 11.6 Å². The highest BCUT2D eigenvalue weighted by atomic mass is 16.5. The van der Waals surface area contributed by atoms with E-state index in [9.17, 15) is 0 Å². The molecule has 0 saturated heterocycles. The Morgan fingerprint density at radius 2 is 2.42 bits per heavy atom. The molecule has 0 saturated carbocycles. The maximum absolute atomic E-state index is 4.51. The van der Waals surface area contributed by atoms with Gasteiger partial charge in [-0.1, -0.05) is 5.16 Å². The summed E-state index contributed by atoms with van der Waals surface area (Å²) in [4.78, 5) is 3.77. The van der Waals surface area contributed by atoms with Crippen molar-refractivity contribution in [1.82, 2.24) is 30.8 Å². The molecule has 0 atom stereocenters.